The molecule has 1 heterocycles. The Bertz CT molecular complexity index is 983. The lowest BCUT2D eigenvalue weighted by Gasteiger charge is -2.06. The first-order valence-electron chi connectivity index (χ1n) is 8.23. The number of aryl methyl sites for hydroxylation is 1. The van der Waals surface area contributed by atoms with E-state index in [0.29, 0.717) is 17.3 Å². The van der Waals surface area contributed by atoms with Crippen LogP contribution in [-0.2, 0) is 0 Å². The van der Waals surface area contributed by atoms with Crippen molar-refractivity contribution in [3.8, 4) is 16.3 Å². The first-order chi connectivity index (χ1) is 13.0. The SMILES string of the molecule is CCOc1ccc(-c2nc(C(=O)Nc3cc([N+](=O)[O-])ccc3C)cs2)cc1. The molecule has 0 atom stereocenters. The Morgan fingerprint density at radius 2 is 2.00 bits per heavy atom. The van der Waals surface area contributed by atoms with E-state index >= 15 is 0 Å². The number of carbonyl (C=O) groups excluding carboxylic acids is 1. The van der Waals surface area contributed by atoms with Crippen LogP contribution in [0.25, 0.3) is 10.6 Å². The topological polar surface area (TPSA) is 94.4 Å². The Morgan fingerprint density at radius 3 is 2.67 bits per heavy atom. The Hall–Kier alpha value is -3.26. The van der Waals surface area contributed by atoms with Gasteiger partial charge in [-0.15, -0.1) is 11.3 Å². The highest BCUT2D eigenvalue weighted by molar-refractivity contribution is 7.13. The summed E-state index contributed by atoms with van der Waals surface area (Å²) < 4.78 is 5.42. The number of hydrogen-bond acceptors (Lipinski definition) is 6. The maximum absolute atomic E-state index is 12.5. The number of aromatic nitrogens is 1. The number of rotatable bonds is 6. The maximum Gasteiger partial charge on any atom is 0.275 e. The van der Waals surface area contributed by atoms with Crippen LogP contribution in [0.2, 0.25) is 0 Å². The Labute approximate surface area is 159 Å². The number of nitrogens with zero attached hydrogens (tertiary/aromatic N) is 2. The van der Waals surface area contributed by atoms with Crippen molar-refractivity contribution in [2.45, 2.75) is 13.8 Å². The highest BCUT2D eigenvalue weighted by Gasteiger charge is 2.15. The van der Waals surface area contributed by atoms with Crippen LogP contribution in [0, 0.1) is 17.0 Å². The van der Waals surface area contributed by atoms with Gasteiger partial charge in [0.2, 0.25) is 0 Å². The molecule has 8 heteroatoms. The van der Waals surface area contributed by atoms with Crippen molar-refractivity contribution >= 4 is 28.6 Å². The van der Waals surface area contributed by atoms with Crippen LogP contribution in [-0.4, -0.2) is 22.4 Å². The first kappa shape index (κ1) is 18.5. The predicted octanol–water partition coefficient (Wildman–Crippen LogP) is 4.68. The largest absolute Gasteiger partial charge is 0.494 e. The smallest absolute Gasteiger partial charge is 0.275 e. The molecule has 27 heavy (non-hydrogen) atoms. The predicted molar refractivity (Wildman–Crippen MR) is 105 cm³/mol. The molecule has 0 aliphatic rings. The van der Waals surface area contributed by atoms with Gasteiger partial charge < -0.3 is 10.1 Å². The van der Waals surface area contributed by atoms with Gasteiger partial charge >= 0.3 is 0 Å². The number of hydrogen-bond donors (Lipinski definition) is 1. The summed E-state index contributed by atoms with van der Waals surface area (Å²) >= 11 is 1.35. The van der Waals surface area contributed by atoms with Crippen molar-refractivity contribution in [3.63, 3.8) is 0 Å². The average molecular weight is 383 g/mol. The number of non-ortho nitro benzene ring substituents is 1. The molecule has 138 valence electrons. The standard InChI is InChI=1S/C19H17N3O4S/c1-3-26-15-8-5-13(6-9-15)19-21-17(11-27-19)18(23)20-16-10-14(22(24)25)7-4-12(16)2/h4-11H,3H2,1-2H3,(H,20,23). The van der Waals surface area contributed by atoms with Crippen LogP contribution in [0.3, 0.4) is 0 Å². The number of anilines is 1. The molecule has 3 rings (SSSR count). The molecular formula is C19H17N3O4S. The van der Waals surface area contributed by atoms with E-state index in [9.17, 15) is 14.9 Å². The second-order valence-electron chi connectivity index (χ2n) is 5.71. The normalized spacial score (nSPS) is 10.4. The van der Waals surface area contributed by atoms with Gasteiger partial charge in [0, 0.05) is 23.1 Å². The third-order valence-corrected chi connectivity index (χ3v) is 4.72. The number of thiazole rings is 1. The molecule has 1 N–H and O–H groups in total. The fourth-order valence-electron chi connectivity index (χ4n) is 2.42. The van der Waals surface area contributed by atoms with Gasteiger partial charge in [-0.2, -0.15) is 0 Å². The third-order valence-electron chi connectivity index (χ3n) is 3.83. The summed E-state index contributed by atoms with van der Waals surface area (Å²) in [6.45, 7) is 4.28. The van der Waals surface area contributed by atoms with E-state index in [4.69, 9.17) is 4.74 Å². The number of nitro groups is 1. The van der Waals surface area contributed by atoms with E-state index in [0.717, 1.165) is 16.9 Å². The molecule has 0 unspecified atom stereocenters. The van der Waals surface area contributed by atoms with Crippen LogP contribution >= 0.6 is 11.3 Å². The lowest BCUT2D eigenvalue weighted by Crippen LogP contribution is -2.13. The summed E-state index contributed by atoms with van der Waals surface area (Å²) in [6, 6.07) is 11.8. The molecule has 0 aliphatic heterocycles. The second kappa shape index (κ2) is 7.96. The van der Waals surface area contributed by atoms with E-state index < -0.39 is 10.8 Å². The van der Waals surface area contributed by atoms with E-state index in [1.54, 1.807) is 18.4 Å². The second-order valence-corrected chi connectivity index (χ2v) is 6.56. The molecule has 0 fully saturated rings. The van der Waals surface area contributed by atoms with Crippen LogP contribution in [0.5, 0.6) is 5.75 Å². The minimum absolute atomic E-state index is 0.0794. The molecule has 1 amide bonds. The minimum Gasteiger partial charge on any atom is -0.494 e. The Balaban J connectivity index is 1.77. The summed E-state index contributed by atoms with van der Waals surface area (Å²) in [4.78, 5) is 27.3. The van der Waals surface area contributed by atoms with Crippen molar-refractivity contribution < 1.29 is 14.5 Å². The van der Waals surface area contributed by atoms with Crippen LogP contribution < -0.4 is 10.1 Å². The molecule has 7 nitrogen and oxygen atoms in total. The molecule has 3 aromatic rings. The summed E-state index contributed by atoms with van der Waals surface area (Å²) in [5.41, 5.74) is 2.19. The zero-order valence-electron chi connectivity index (χ0n) is 14.8. The third kappa shape index (κ3) is 4.29. The van der Waals surface area contributed by atoms with Gasteiger partial charge in [0.05, 0.1) is 17.2 Å². The Kier molecular flexibility index (Phi) is 5.46. The fraction of sp³-hybridized carbons (Fsp3) is 0.158. The van der Waals surface area contributed by atoms with Crippen molar-refractivity contribution in [3.05, 3.63) is 69.2 Å². The summed E-state index contributed by atoms with van der Waals surface area (Å²) in [5.74, 6) is 0.365. The molecule has 0 aliphatic carbocycles. The molecule has 0 saturated heterocycles. The number of ether oxygens (including phenoxy) is 1. The van der Waals surface area contributed by atoms with Crippen molar-refractivity contribution in [2.24, 2.45) is 0 Å². The molecule has 0 radical (unpaired) electrons. The molecule has 0 spiro atoms. The average Bonchev–Trinajstić information content (AvgIpc) is 3.14. The van der Waals surface area contributed by atoms with E-state index in [1.165, 1.54) is 23.5 Å². The molecule has 0 saturated carbocycles. The van der Waals surface area contributed by atoms with Crippen molar-refractivity contribution in [2.75, 3.05) is 11.9 Å². The molecule has 1 aromatic heterocycles. The lowest BCUT2D eigenvalue weighted by molar-refractivity contribution is -0.384. The van der Waals surface area contributed by atoms with E-state index in [1.807, 2.05) is 31.2 Å². The zero-order chi connectivity index (χ0) is 19.4. The number of nitro benzene ring substituents is 1. The highest BCUT2D eigenvalue weighted by atomic mass is 32.1. The number of carbonyl (C=O) groups is 1. The van der Waals surface area contributed by atoms with Gasteiger partial charge in [-0.25, -0.2) is 4.98 Å². The zero-order valence-corrected chi connectivity index (χ0v) is 15.6. The minimum atomic E-state index is -0.498. The van der Waals surface area contributed by atoms with Crippen LogP contribution in [0.15, 0.2) is 47.8 Å². The van der Waals surface area contributed by atoms with Gasteiger partial charge in [0.15, 0.2) is 0 Å². The maximum atomic E-state index is 12.5. The lowest BCUT2D eigenvalue weighted by atomic mass is 10.2. The summed E-state index contributed by atoms with van der Waals surface area (Å²) in [6.07, 6.45) is 0. The van der Waals surface area contributed by atoms with Crippen LogP contribution in [0.4, 0.5) is 11.4 Å². The number of nitrogens with one attached hydrogen (secondary N) is 1. The van der Waals surface area contributed by atoms with Crippen molar-refractivity contribution in [1.29, 1.82) is 0 Å². The van der Waals surface area contributed by atoms with E-state index in [-0.39, 0.29) is 11.4 Å². The summed E-state index contributed by atoms with van der Waals surface area (Å²) in [5, 5.41) is 16.0. The quantitative estimate of drug-likeness (QED) is 0.493. The first-order valence-corrected chi connectivity index (χ1v) is 9.11. The summed E-state index contributed by atoms with van der Waals surface area (Å²) in [7, 11) is 0. The van der Waals surface area contributed by atoms with Crippen molar-refractivity contribution in [1.82, 2.24) is 4.98 Å². The fourth-order valence-corrected chi connectivity index (χ4v) is 3.22. The Morgan fingerprint density at radius 1 is 1.26 bits per heavy atom. The van der Waals surface area contributed by atoms with Crippen LogP contribution in [0.1, 0.15) is 23.0 Å². The van der Waals surface area contributed by atoms with Gasteiger partial charge in [0.1, 0.15) is 16.5 Å². The number of benzene rings is 2. The highest BCUT2D eigenvalue weighted by Crippen LogP contribution is 2.27. The van der Waals surface area contributed by atoms with Gasteiger partial charge in [-0.3, -0.25) is 14.9 Å². The van der Waals surface area contributed by atoms with E-state index in [2.05, 4.69) is 10.3 Å². The molecule has 0 bridgehead atoms. The number of amides is 1. The molecular weight excluding hydrogens is 366 g/mol. The van der Waals surface area contributed by atoms with Gasteiger partial charge in [-0.1, -0.05) is 6.07 Å². The molecule has 2 aromatic carbocycles. The van der Waals surface area contributed by atoms with Gasteiger partial charge in [-0.05, 0) is 43.7 Å². The van der Waals surface area contributed by atoms with Gasteiger partial charge in [0.25, 0.3) is 11.6 Å². The monoisotopic (exact) mass is 383 g/mol.